The second-order valence-corrected chi connectivity index (χ2v) is 8.26. The second-order valence-electron chi connectivity index (χ2n) is 7.00. The monoisotopic (exact) mass is 429 g/mol. The van der Waals surface area contributed by atoms with E-state index in [1.165, 1.54) is 23.5 Å². The Balaban J connectivity index is 1.38. The van der Waals surface area contributed by atoms with Crippen molar-refractivity contribution in [3.8, 4) is 10.6 Å². The van der Waals surface area contributed by atoms with Crippen LogP contribution in [0.15, 0.2) is 53.9 Å². The first-order valence-electron chi connectivity index (χ1n) is 9.58. The zero-order chi connectivity index (χ0) is 20.2. The first-order chi connectivity index (χ1) is 14.1. The quantitative estimate of drug-likeness (QED) is 0.592. The highest BCUT2D eigenvalue weighted by molar-refractivity contribution is 7.13. The number of thiazole rings is 1. The van der Waals surface area contributed by atoms with Crippen molar-refractivity contribution in [3.05, 3.63) is 70.4 Å². The molecule has 29 heavy (non-hydrogen) atoms. The molecule has 1 amide bonds. The molecule has 4 nitrogen and oxygen atoms in total. The number of hydrogen-bond acceptors (Lipinski definition) is 4. The van der Waals surface area contributed by atoms with Crippen molar-refractivity contribution >= 4 is 34.5 Å². The van der Waals surface area contributed by atoms with Crippen molar-refractivity contribution in [3.63, 3.8) is 0 Å². The van der Waals surface area contributed by atoms with E-state index in [1.54, 1.807) is 12.1 Å². The van der Waals surface area contributed by atoms with Gasteiger partial charge in [0.25, 0.3) is 0 Å². The third kappa shape index (κ3) is 4.77. The van der Waals surface area contributed by atoms with E-state index < -0.39 is 0 Å². The largest absolute Gasteiger partial charge is 0.370 e. The number of carbonyl (C=O) groups is 1. The Morgan fingerprint density at radius 2 is 1.86 bits per heavy atom. The van der Waals surface area contributed by atoms with Gasteiger partial charge in [0.05, 0.1) is 17.1 Å². The number of carbonyl (C=O) groups excluding carboxylic acids is 1. The van der Waals surface area contributed by atoms with Crippen LogP contribution >= 0.6 is 22.9 Å². The molecule has 1 saturated heterocycles. The number of nitrogens with zero attached hydrogens (tertiary/aromatic N) is 3. The van der Waals surface area contributed by atoms with Gasteiger partial charge >= 0.3 is 0 Å². The van der Waals surface area contributed by atoms with Crippen LogP contribution in [0.3, 0.4) is 0 Å². The predicted octanol–water partition coefficient (Wildman–Crippen LogP) is 4.88. The average Bonchev–Trinajstić information content (AvgIpc) is 3.03. The van der Waals surface area contributed by atoms with E-state index in [-0.39, 0.29) is 18.1 Å². The number of hydrogen-bond donors (Lipinski definition) is 0. The molecule has 1 aliphatic rings. The number of rotatable bonds is 4. The Bertz CT molecular complexity index is 992. The van der Waals surface area contributed by atoms with Crippen molar-refractivity contribution in [2.45, 2.75) is 12.8 Å². The molecular weight excluding hydrogens is 409 g/mol. The lowest BCUT2D eigenvalue weighted by atomic mass is 10.2. The van der Waals surface area contributed by atoms with Crippen LogP contribution in [0.25, 0.3) is 10.6 Å². The van der Waals surface area contributed by atoms with Crippen molar-refractivity contribution in [2.75, 3.05) is 31.1 Å². The topological polar surface area (TPSA) is 36.4 Å². The molecule has 1 aromatic heterocycles. The SMILES string of the molecule is O=C(Cc1csc(-c2ccccc2Cl)n1)N1CCCN(c2ccc(F)cc2)CC1. The van der Waals surface area contributed by atoms with Crippen molar-refractivity contribution in [1.82, 2.24) is 9.88 Å². The normalized spacial score (nSPS) is 14.7. The fourth-order valence-electron chi connectivity index (χ4n) is 3.49. The summed E-state index contributed by atoms with van der Waals surface area (Å²) in [6.45, 7) is 2.96. The number of amides is 1. The van der Waals surface area contributed by atoms with E-state index >= 15 is 0 Å². The molecule has 0 saturated carbocycles. The standard InChI is InChI=1S/C22H21ClFN3OS/c23-20-5-2-1-4-19(20)22-25-17(15-29-22)14-21(28)27-11-3-10-26(12-13-27)18-8-6-16(24)7-9-18/h1-2,4-9,15H,3,10-14H2. The zero-order valence-corrected chi connectivity index (χ0v) is 17.4. The van der Waals surface area contributed by atoms with Crippen LogP contribution in [-0.2, 0) is 11.2 Å². The van der Waals surface area contributed by atoms with Crippen molar-refractivity contribution in [1.29, 1.82) is 0 Å². The van der Waals surface area contributed by atoms with E-state index in [4.69, 9.17) is 11.6 Å². The summed E-state index contributed by atoms with van der Waals surface area (Å²) in [5.74, 6) is -0.151. The van der Waals surface area contributed by atoms with Gasteiger partial charge < -0.3 is 9.80 Å². The van der Waals surface area contributed by atoms with E-state index in [9.17, 15) is 9.18 Å². The first kappa shape index (κ1) is 19.9. The number of aromatic nitrogens is 1. The van der Waals surface area contributed by atoms with Crippen LogP contribution in [0.2, 0.25) is 5.02 Å². The van der Waals surface area contributed by atoms with E-state index in [1.807, 2.05) is 34.5 Å². The summed E-state index contributed by atoms with van der Waals surface area (Å²) in [5, 5.41) is 3.42. The summed E-state index contributed by atoms with van der Waals surface area (Å²) in [6.07, 6.45) is 1.17. The number of halogens is 2. The van der Waals surface area contributed by atoms with Crippen LogP contribution in [0.5, 0.6) is 0 Å². The van der Waals surface area contributed by atoms with Gasteiger partial charge in [-0.3, -0.25) is 4.79 Å². The lowest BCUT2D eigenvalue weighted by Gasteiger charge is -2.23. The van der Waals surface area contributed by atoms with Gasteiger partial charge in [0.1, 0.15) is 10.8 Å². The van der Waals surface area contributed by atoms with Gasteiger partial charge in [0.2, 0.25) is 5.91 Å². The Kier molecular flexibility index (Phi) is 6.11. The molecule has 3 aromatic rings. The second kappa shape index (κ2) is 8.93. The molecule has 1 aliphatic heterocycles. The molecule has 7 heteroatoms. The molecule has 2 aromatic carbocycles. The zero-order valence-electron chi connectivity index (χ0n) is 15.9. The maximum atomic E-state index is 13.2. The summed E-state index contributed by atoms with van der Waals surface area (Å²) < 4.78 is 13.2. The van der Waals surface area contributed by atoms with E-state index in [0.717, 1.165) is 48.0 Å². The van der Waals surface area contributed by atoms with Crippen LogP contribution in [0.4, 0.5) is 10.1 Å². The maximum Gasteiger partial charge on any atom is 0.228 e. The minimum atomic E-state index is -0.236. The molecule has 0 radical (unpaired) electrons. The highest BCUT2D eigenvalue weighted by Crippen LogP contribution is 2.30. The third-order valence-electron chi connectivity index (χ3n) is 5.03. The minimum Gasteiger partial charge on any atom is -0.370 e. The van der Waals surface area contributed by atoms with Gasteiger partial charge in [-0.05, 0) is 36.8 Å². The highest BCUT2D eigenvalue weighted by Gasteiger charge is 2.20. The molecular formula is C22H21ClFN3OS. The number of benzene rings is 2. The van der Waals surface area contributed by atoms with Gasteiger partial charge in [-0.1, -0.05) is 29.8 Å². The fourth-order valence-corrected chi connectivity index (χ4v) is 4.63. The highest BCUT2D eigenvalue weighted by atomic mass is 35.5. The molecule has 0 bridgehead atoms. The summed E-state index contributed by atoms with van der Waals surface area (Å²) in [6, 6.07) is 14.1. The van der Waals surface area contributed by atoms with E-state index in [0.29, 0.717) is 11.6 Å². The molecule has 0 unspecified atom stereocenters. The Morgan fingerprint density at radius 1 is 1.07 bits per heavy atom. The summed E-state index contributed by atoms with van der Waals surface area (Å²) >= 11 is 7.76. The van der Waals surface area contributed by atoms with Gasteiger partial charge in [-0.25, -0.2) is 9.37 Å². The molecule has 0 N–H and O–H groups in total. The average molecular weight is 430 g/mol. The molecule has 0 aliphatic carbocycles. The Labute approximate surface area is 178 Å². The van der Waals surface area contributed by atoms with Crippen LogP contribution < -0.4 is 4.90 Å². The van der Waals surface area contributed by atoms with Crippen LogP contribution in [0, 0.1) is 5.82 Å². The smallest absolute Gasteiger partial charge is 0.228 e. The van der Waals surface area contributed by atoms with Crippen LogP contribution in [0.1, 0.15) is 12.1 Å². The molecule has 0 atom stereocenters. The van der Waals surface area contributed by atoms with Gasteiger partial charge in [-0.15, -0.1) is 11.3 Å². The minimum absolute atomic E-state index is 0.0852. The fraction of sp³-hybridized carbons (Fsp3) is 0.273. The lowest BCUT2D eigenvalue weighted by Crippen LogP contribution is -2.36. The predicted molar refractivity (Wildman–Crippen MR) is 116 cm³/mol. The Morgan fingerprint density at radius 3 is 2.66 bits per heavy atom. The summed E-state index contributed by atoms with van der Waals surface area (Å²) in [4.78, 5) is 21.5. The molecule has 2 heterocycles. The molecule has 150 valence electrons. The van der Waals surface area contributed by atoms with Gasteiger partial charge in [0, 0.05) is 42.8 Å². The van der Waals surface area contributed by atoms with Gasteiger partial charge in [-0.2, -0.15) is 0 Å². The van der Waals surface area contributed by atoms with Crippen LogP contribution in [-0.4, -0.2) is 42.0 Å². The van der Waals surface area contributed by atoms with Gasteiger partial charge in [0.15, 0.2) is 0 Å². The van der Waals surface area contributed by atoms with Crippen molar-refractivity contribution < 1.29 is 9.18 Å². The first-order valence-corrected chi connectivity index (χ1v) is 10.8. The summed E-state index contributed by atoms with van der Waals surface area (Å²) in [7, 11) is 0. The maximum absolute atomic E-state index is 13.2. The lowest BCUT2D eigenvalue weighted by molar-refractivity contribution is -0.130. The molecule has 0 spiro atoms. The molecule has 1 fully saturated rings. The Hall–Kier alpha value is -2.44. The molecule has 4 rings (SSSR count). The third-order valence-corrected chi connectivity index (χ3v) is 6.28. The summed E-state index contributed by atoms with van der Waals surface area (Å²) in [5.41, 5.74) is 2.65. The van der Waals surface area contributed by atoms with E-state index in [2.05, 4.69) is 9.88 Å². The van der Waals surface area contributed by atoms with Crippen molar-refractivity contribution in [2.24, 2.45) is 0 Å². The number of anilines is 1.